The van der Waals surface area contributed by atoms with Crippen LogP contribution in [0, 0.1) is 45.3 Å². The van der Waals surface area contributed by atoms with Gasteiger partial charge in [0.05, 0.1) is 6.61 Å². The molecule has 4 fully saturated rings. The summed E-state index contributed by atoms with van der Waals surface area (Å²) in [5, 5.41) is 10.6. The van der Waals surface area contributed by atoms with E-state index in [9.17, 15) is 9.90 Å². The van der Waals surface area contributed by atoms with Gasteiger partial charge in [-0.2, -0.15) is 0 Å². The van der Waals surface area contributed by atoms with E-state index in [1.807, 2.05) is 0 Å². The molecule has 3 nitrogen and oxygen atoms in total. The lowest BCUT2D eigenvalue weighted by atomic mass is 9.35. The van der Waals surface area contributed by atoms with E-state index in [4.69, 9.17) is 4.74 Å². The Morgan fingerprint density at radius 2 is 1.71 bits per heavy atom. The third kappa shape index (κ3) is 2.16. The van der Waals surface area contributed by atoms with Crippen molar-refractivity contribution in [2.75, 3.05) is 6.61 Å². The summed E-state index contributed by atoms with van der Waals surface area (Å²) in [6.07, 6.45) is 9.57. The van der Waals surface area contributed by atoms with E-state index in [0.717, 1.165) is 12.3 Å². The number of ketones is 1. The number of aliphatic hydroxyl groups is 1. The van der Waals surface area contributed by atoms with Crippen molar-refractivity contribution in [1.82, 2.24) is 0 Å². The number of rotatable bonds is 0. The fraction of sp³-hybridized carbons (Fsp3) is 0.880. The lowest BCUT2D eigenvalue weighted by Gasteiger charge is -2.69. The van der Waals surface area contributed by atoms with Gasteiger partial charge in [-0.15, -0.1) is 0 Å². The van der Waals surface area contributed by atoms with Crippen LogP contribution >= 0.6 is 0 Å². The summed E-state index contributed by atoms with van der Waals surface area (Å²) in [5.41, 5.74) is 1.51. The Bertz CT molecular complexity index is 738. The smallest absolute Gasteiger partial charge is 0.162 e. The summed E-state index contributed by atoms with van der Waals surface area (Å²) in [5.74, 6) is 1.77. The molecule has 8 atom stereocenters. The molecule has 1 unspecified atom stereocenters. The normalized spacial score (nSPS) is 54.9. The molecule has 3 saturated carbocycles. The molecule has 3 heteroatoms. The monoisotopic (exact) mass is 386 g/mol. The second-order valence-corrected chi connectivity index (χ2v) is 12.2. The van der Waals surface area contributed by atoms with Gasteiger partial charge in [0, 0.05) is 17.8 Å². The van der Waals surface area contributed by atoms with Gasteiger partial charge in [0.15, 0.2) is 6.29 Å². The van der Waals surface area contributed by atoms with Crippen LogP contribution in [0.2, 0.25) is 0 Å². The molecule has 0 radical (unpaired) electrons. The molecule has 5 aliphatic rings. The van der Waals surface area contributed by atoms with E-state index in [-0.39, 0.29) is 16.7 Å². The Morgan fingerprint density at radius 1 is 1.00 bits per heavy atom. The molecule has 1 heterocycles. The average Bonchev–Trinajstić information content (AvgIpc) is 2.99. The Balaban J connectivity index is 1.60. The predicted molar refractivity (Wildman–Crippen MR) is 109 cm³/mol. The minimum Gasteiger partial charge on any atom is -0.367 e. The van der Waals surface area contributed by atoms with Crippen molar-refractivity contribution in [2.45, 2.75) is 85.9 Å². The third-order valence-electron chi connectivity index (χ3n) is 10.7. The lowest BCUT2D eigenvalue weighted by molar-refractivity contribution is -0.210. The molecular formula is C25H38O3. The molecule has 1 saturated heterocycles. The van der Waals surface area contributed by atoms with Crippen molar-refractivity contribution in [3.63, 3.8) is 0 Å². The average molecular weight is 387 g/mol. The summed E-state index contributed by atoms with van der Waals surface area (Å²) >= 11 is 0. The predicted octanol–water partition coefficient (Wildman–Crippen LogP) is 5.13. The maximum atomic E-state index is 13.8. The Labute approximate surface area is 170 Å². The quantitative estimate of drug-likeness (QED) is 0.587. The highest BCUT2D eigenvalue weighted by Gasteiger charge is 2.69. The van der Waals surface area contributed by atoms with Crippen LogP contribution in [0.15, 0.2) is 11.6 Å². The maximum absolute atomic E-state index is 13.8. The highest BCUT2D eigenvalue weighted by molar-refractivity contribution is 5.87. The van der Waals surface area contributed by atoms with Gasteiger partial charge in [0.1, 0.15) is 5.78 Å². The molecular weight excluding hydrogens is 348 g/mol. The van der Waals surface area contributed by atoms with Gasteiger partial charge >= 0.3 is 0 Å². The van der Waals surface area contributed by atoms with Gasteiger partial charge in [-0.25, -0.2) is 0 Å². The highest BCUT2D eigenvalue weighted by atomic mass is 16.6. The van der Waals surface area contributed by atoms with E-state index in [1.54, 1.807) is 0 Å². The van der Waals surface area contributed by atoms with E-state index in [2.05, 4.69) is 40.7 Å². The molecule has 1 N–H and O–H groups in total. The van der Waals surface area contributed by atoms with Crippen LogP contribution < -0.4 is 0 Å². The Morgan fingerprint density at radius 3 is 2.46 bits per heavy atom. The zero-order chi connectivity index (χ0) is 20.1. The standard InChI is InChI=1S/C25H38O3/c1-22(2)10-6-11-23(3)16(22)9-12-24(4)17-8-7-15-14-28-21(27)20(15)25(17,5)19(26)13-18(23)24/h7,16-18,20-21,27H,6,8-14H2,1-5H3/t16-,17-,18+,20?,21+,23-,24-,25+/m0/s1. The number of allylic oxidation sites excluding steroid dienone is 1. The zero-order valence-corrected chi connectivity index (χ0v) is 18.4. The molecule has 0 aromatic rings. The molecule has 0 spiro atoms. The van der Waals surface area contributed by atoms with E-state index in [1.165, 1.54) is 37.7 Å². The topological polar surface area (TPSA) is 46.5 Å². The summed E-state index contributed by atoms with van der Waals surface area (Å²) in [6, 6.07) is 0. The molecule has 28 heavy (non-hydrogen) atoms. The highest BCUT2D eigenvalue weighted by Crippen LogP contribution is 2.72. The number of hydrogen-bond acceptors (Lipinski definition) is 3. The van der Waals surface area contributed by atoms with Gasteiger partial charge in [-0.3, -0.25) is 4.79 Å². The Kier molecular flexibility index (Phi) is 3.95. The lowest BCUT2D eigenvalue weighted by Crippen LogP contribution is -2.65. The number of carbonyl (C=O) groups is 1. The first-order valence-electron chi connectivity index (χ1n) is 11.6. The molecule has 4 aliphatic carbocycles. The first-order chi connectivity index (χ1) is 13.0. The van der Waals surface area contributed by atoms with Gasteiger partial charge in [0.25, 0.3) is 0 Å². The second kappa shape index (κ2) is 5.72. The first kappa shape index (κ1) is 19.3. The van der Waals surface area contributed by atoms with Crippen LogP contribution in [0.1, 0.15) is 79.6 Å². The molecule has 0 amide bonds. The van der Waals surface area contributed by atoms with Crippen LogP contribution in [-0.4, -0.2) is 23.8 Å². The van der Waals surface area contributed by atoms with Crippen molar-refractivity contribution in [3.05, 3.63) is 11.6 Å². The third-order valence-corrected chi connectivity index (χ3v) is 10.7. The number of carbonyl (C=O) groups excluding carboxylic acids is 1. The van der Waals surface area contributed by atoms with Gasteiger partial charge in [0.2, 0.25) is 0 Å². The number of aliphatic hydroxyl groups excluding tert-OH is 1. The van der Waals surface area contributed by atoms with E-state index in [0.29, 0.717) is 36.1 Å². The summed E-state index contributed by atoms with van der Waals surface area (Å²) in [6.45, 7) is 12.6. The molecule has 156 valence electrons. The maximum Gasteiger partial charge on any atom is 0.162 e. The van der Waals surface area contributed by atoms with Gasteiger partial charge in [-0.1, -0.05) is 47.1 Å². The molecule has 0 bridgehead atoms. The molecule has 0 aromatic heterocycles. The first-order valence-corrected chi connectivity index (χ1v) is 11.6. The molecule has 5 rings (SSSR count). The van der Waals surface area contributed by atoms with Crippen molar-refractivity contribution < 1.29 is 14.6 Å². The second-order valence-electron chi connectivity index (χ2n) is 12.2. The Hall–Kier alpha value is -0.670. The fourth-order valence-electron chi connectivity index (χ4n) is 9.45. The van der Waals surface area contributed by atoms with Crippen LogP contribution in [0.5, 0.6) is 0 Å². The van der Waals surface area contributed by atoms with Crippen LogP contribution in [0.3, 0.4) is 0 Å². The number of fused-ring (bicyclic) bond motifs is 7. The summed E-state index contributed by atoms with van der Waals surface area (Å²) < 4.78 is 5.60. The minimum atomic E-state index is -0.816. The van der Waals surface area contributed by atoms with E-state index < -0.39 is 11.7 Å². The number of hydrogen-bond donors (Lipinski definition) is 1. The molecule has 0 aromatic carbocycles. The van der Waals surface area contributed by atoms with Crippen LogP contribution in [-0.2, 0) is 9.53 Å². The van der Waals surface area contributed by atoms with E-state index >= 15 is 0 Å². The van der Waals surface area contributed by atoms with Crippen LogP contribution in [0.25, 0.3) is 0 Å². The minimum absolute atomic E-state index is 0.134. The SMILES string of the molecule is CC1(C)CCC[C@]2(C)[C@H]3CC(=O)[C@]4(C)C5C(=CC[C@H]4[C@]3(C)CC[C@@H]12)CO[C@H]5O. The van der Waals surface area contributed by atoms with Crippen molar-refractivity contribution in [3.8, 4) is 0 Å². The molecule has 1 aliphatic heterocycles. The number of ether oxygens (including phenoxy) is 1. The van der Waals surface area contributed by atoms with Gasteiger partial charge < -0.3 is 9.84 Å². The largest absolute Gasteiger partial charge is 0.367 e. The fourth-order valence-corrected chi connectivity index (χ4v) is 9.45. The summed E-state index contributed by atoms with van der Waals surface area (Å²) in [4.78, 5) is 13.8. The van der Waals surface area contributed by atoms with Crippen molar-refractivity contribution in [1.29, 1.82) is 0 Å². The van der Waals surface area contributed by atoms with Crippen molar-refractivity contribution >= 4 is 5.78 Å². The van der Waals surface area contributed by atoms with Crippen LogP contribution in [0.4, 0.5) is 0 Å². The van der Waals surface area contributed by atoms with Gasteiger partial charge in [-0.05, 0) is 71.7 Å². The number of Topliss-reactive ketones (excluding diaryl/α,β-unsaturated/α-hetero) is 1. The van der Waals surface area contributed by atoms with Crippen molar-refractivity contribution in [2.24, 2.45) is 45.3 Å². The summed E-state index contributed by atoms with van der Waals surface area (Å²) in [7, 11) is 0. The zero-order valence-electron chi connectivity index (χ0n) is 18.4.